The molecule has 0 radical (unpaired) electrons. The van der Waals surface area contributed by atoms with Crippen LogP contribution in [0.15, 0.2) is 5.38 Å². The molecule has 1 aromatic rings. The van der Waals surface area contributed by atoms with E-state index >= 15 is 0 Å². The van der Waals surface area contributed by atoms with Gasteiger partial charge in [0.25, 0.3) is 0 Å². The molecule has 0 spiro atoms. The summed E-state index contributed by atoms with van der Waals surface area (Å²) < 4.78 is 0. The van der Waals surface area contributed by atoms with Crippen molar-refractivity contribution in [2.45, 2.75) is 53.5 Å². The Kier molecular flexibility index (Phi) is 5.14. The van der Waals surface area contributed by atoms with Crippen molar-refractivity contribution >= 4 is 11.3 Å². The first-order valence-corrected chi connectivity index (χ1v) is 7.32. The van der Waals surface area contributed by atoms with Crippen molar-refractivity contribution < 1.29 is 0 Å². The van der Waals surface area contributed by atoms with Crippen LogP contribution in [0.2, 0.25) is 0 Å². The number of rotatable bonds is 5. The van der Waals surface area contributed by atoms with E-state index in [0.717, 1.165) is 13.0 Å². The predicted molar refractivity (Wildman–Crippen MR) is 76.6 cm³/mol. The Morgan fingerprint density at radius 1 is 1.35 bits per heavy atom. The van der Waals surface area contributed by atoms with Crippen molar-refractivity contribution in [2.75, 3.05) is 6.54 Å². The van der Waals surface area contributed by atoms with Gasteiger partial charge in [-0.3, -0.25) is 0 Å². The van der Waals surface area contributed by atoms with Crippen molar-refractivity contribution in [1.29, 1.82) is 0 Å². The van der Waals surface area contributed by atoms with Gasteiger partial charge in [0.15, 0.2) is 0 Å². The lowest BCUT2D eigenvalue weighted by Gasteiger charge is -2.27. The number of nitrogens with one attached hydrogen (secondary N) is 1. The Morgan fingerprint density at radius 3 is 2.41 bits per heavy atom. The molecule has 17 heavy (non-hydrogen) atoms. The van der Waals surface area contributed by atoms with Crippen LogP contribution in [0, 0.1) is 18.8 Å². The molecule has 0 aliphatic carbocycles. The van der Waals surface area contributed by atoms with Crippen LogP contribution in [0.25, 0.3) is 0 Å². The van der Waals surface area contributed by atoms with Gasteiger partial charge in [0.2, 0.25) is 0 Å². The van der Waals surface area contributed by atoms with Crippen LogP contribution in [0.3, 0.4) is 0 Å². The van der Waals surface area contributed by atoms with E-state index in [2.05, 4.69) is 57.2 Å². The Bertz CT molecular complexity index is 336. The van der Waals surface area contributed by atoms with Gasteiger partial charge in [-0.15, -0.1) is 11.3 Å². The first-order valence-electron chi connectivity index (χ1n) is 6.44. The average Bonchev–Trinajstić information content (AvgIpc) is 2.56. The summed E-state index contributed by atoms with van der Waals surface area (Å²) in [4.78, 5) is 4.57. The lowest BCUT2D eigenvalue weighted by Crippen LogP contribution is -2.40. The summed E-state index contributed by atoms with van der Waals surface area (Å²) >= 11 is 1.75. The van der Waals surface area contributed by atoms with Gasteiger partial charge in [-0.25, -0.2) is 4.98 Å². The fourth-order valence-electron chi connectivity index (χ4n) is 1.75. The monoisotopic (exact) mass is 254 g/mol. The van der Waals surface area contributed by atoms with Crippen LogP contribution in [0.5, 0.6) is 0 Å². The minimum atomic E-state index is 0.200. The van der Waals surface area contributed by atoms with Crippen molar-refractivity contribution in [3.05, 3.63) is 16.1 Å². The molecule has 2 nitrogen and oxygen atoms in total. The summed E-state index contributed by atoms with van der Waals surface area (Å²) in [5.41, 5.74) is 1.45. The maximum atomic E-state index is 4.57. The zero-order chi connectivity index (χ0) is 13.1. The summed E-state index contributed by atoms with van der Waals surface area (Å²) in [6.45, 7) is 14.4. The molecular weight excluding hydrogens is 228 g/mol. The van der Waals surface area contributed by atoms with Crippen molar-refractivity contribution in [1.82, 2.24) is 10.3 Å². The van der Waals surface area contributed by atoms with Crippen molar-refractivity contribution in [3.63, 3.8) is 0 Å². The lowest BCUT2D eigenvalue weighted by molar-refractivity contribution is 0.311. The summed E-state index contributed by atoms with van der Waals surface area (Å²) in [6.07, 6.45) is 1.09. The van der Waals surface area contributed by atoms with Crippen LogP contribution in [-0.2, 0) is 6.42 Å². The smallest absolute Gasteiger partial charge is 0.0897 e. The maximum Gasteiger partial charge on any atom is 0.0897 e. The van der Waals surface area contributed by atoms with Crippen molar-refractivity contribution in [2.24, 2.45) is 11.8 Å². The van der Waals surface area contributed by atoms with E-state index in [1.807, 2.05) is 0 Å². The molecular formula is C14H26N2S. The van der Waals surface area contributed by atoms with Crippen LogP contribution in [0.1, 0.15) is 45.3 Å². The molecule has 0 saturated carbocycles. The van der Waals surface area contributed by atoms with Crippen LogP contribution in [0.4, 0.5) is 0 Å². The molecule has 1 atom stereocenters. The van der Waals surface area contributed by atoms with E-state index in [4.69, 9.17) is 0 Å². The molecule has 0 fully saturated rings. The zero-order valence-corrected chi connectivity index (χ0v) is 12.8. The first-order chi connectivity index (χ1) is 7.78. The molecule has 98 valence electrons. The number of hydrogen-bond donors (Lipinski definition) is 1. The highest BCUT2D eigenvalue weighted by atomic mass is 32.1. The molecule has 0 aliphatic rings. The summed E-state index contributed by atoms with van der Waals surface area (Å²) in [6, 6.07) is 0. The number of nitrogens with zero attached hydrogens (tertiary/aromatic N) is 1. The minimum Gasteiger partial charge on any atom is -0.312 e. The van der Waals surface area contributed by atoms with Gasteiger partial charge < -0.3 is 5.32 Å². The Labute approximate surface area is 110 Å². The van der Waals surface area contributed by atoms with Gasteiger partial charge >= 0.3 is 0 Å². The molecule has 0 saturated heterocycles. The standard InChI is InChI=1S/C14H26N2S/c1-10(2)12(8-15-14(4,5)6)7-13-9-17-11(3)16-13/h9-10,12,15H,7-8H2,1-6H3. The van der Waals surface area contributed by atoms with Gasteiger partial charge in [-0.2, -0.15) is 0 Å². The fraction of sp³-hybridized carbons (Fsp3) is 0.786. The van der Waals surface area contributed by atoms with E-state index in [1.54, 1.807) is 11.3 Å². The number of hydrogen-bond acceptors (Lipinski definition) is 3. The largest absolute Gasteiger partial charge is 0.312 e. The second-order valence-corrected chi connectivity index (χ2v) is 7.26. The first kappa shape index (κ1) is 14.7. The maximum absolute atomic E-state index is 4.57. The molecule has 1 heterocycles. The van der Waals surface area contributed by atoms with Crippen LogP contribution < -0.4 is 5.32 Å². The topological polar surface area (TPSA) is 24.9 Å². The molecule has 0 bridgehead atoms. The molecule has 0 amide bonds. The molecule has 1 N–H and O–H groups in total. The summed E-state index contributed by atoms with van der Waals surface area (Å²) in [5.74, 6) is 1.35. The molecule has 3 heteroatoms. The SMILES string of the molecule is Cc1nc(CC(CNC(C)(C)C)C(C)C)cs1. The van der Waals surface area contributed by atoms with Gasteiger partial charge in [-0.05, 0) is 52.5 Å². The van der Waals surface area contributed by atoms with E-state index in [-0.39, 0.29) is 5.54 Å². The highest BCUT2D eigenvalue weighted by Gasteiger charge is 2.18. The van der Waals surface area contributed by atoms with Gasteiger partial charge in [0, 0.05) is 10.9 Å². The van der Waals surface area contributed by atoms with Gasteiger partial charge in [0.05, 0.1) is 10.7 Å². The zero-order valence-electron chi connectivity index (χ0n) is 12.0. The third-order valence-electron chi connectivity index (χ3n) is 2.98. The van der Waals surface area contributed by atoms with E-state index in [1.165, 1.54) is 10.7 Å². The van der Waals surface area contributed by atoms with Crippen LogP contribution >= 0.6 is 11.3 Å². The molecule has 1 aromatic heterocycles. The third kappa shape index (κ3) is 5.64. The van der Waals surface area contributed by atoms with E-state index in [0.29, 0.717) is 11.8 Å². The Hall–Kier alpha value is -0.410. The highest BCUT2D eigenvalue weighted by Crippen LogP contribution is 2.19. The highest BCUT2D eigenvalue weighted by molar-refractivity contribution is 7.09. The Balaban J connectivity index is 2.55. The second-order valence-electron chi connectivity index (χ2n) is 6.20. The van der Waals surface area contributed by atoms with Crippen molar-refractivity contribution in [3.8, 4) is 0 Å². The second kappa shape index (κ2) is 5.96. The Morgan fingerprint density at radius 2 is 2.00 bits per heavy atom. The molecule has 0 aliphatic heterocycles. The number of aromatic nitrogens is 1. The predicted octanol–water partition coefficient (Wildman–Crippen LogP) is 3.65. The summed E-state index contributed by atoms with van der Waals surface area (Å²) in [7, 11) is 0. The van der Waals surface area contributed by atoms with E-state index in [9.17, 15) is 0 Å². The molecule has 1 rings (SSSR count). The van der Waals surface area contributed by atoms with Crippen LogP contribution in [-0.4, -0.2) is 17.1 Å². The van der Waals surface area contributed by atoms with Gasteiger partial charge in [-0.1, -0.05) is 13.8 Å². The molecule has 1 unspecified atom stereocenters. The van der Waals surface area contributed by atoms with Gasteiger partial charge in [0.1, 0.15) is 0 Å². The normalized spacial score (nSPS) is 14.3. The van der Waals surface area contributed by atoms with E-state index < -0.39 is 0 Å². The average molecular weight is 254 g/mol. The summed E-state index contributed by atoms with van der Waals surface area (Å²) in [5, 5.41) is 6.97. The lowest BCUT2D eigenvalue weighted by atomic mass is 9.90. The molecule has 0 aromatic carbocycles. The third-order valence-corrected chi connectivity index (χ3v) is 3.80. The number of thiazole rings is 1. The minimum absolute atomic E-state index is 0.200. The fourth-order valence-corrected chi connectivity index (χ4v) is 2.38. The number of aryl methyl sites for hydroxylation is 1. The quantitative estimate of drug-likeness (QED) is 0.867.